The molecule has 0 aliphatic heterocycles. The number of nitrogens with one attached hydrogen (secondary N) is 1. The van der Waals surface area contributed by atoms with Crippen LogP contribution in [-0.4, -0.2) is 26.2 Å². The molecule has 18 heavy (non-hydrogen) atoms. The Kier molecular flexibility index (Phi) is 4.72. The topological polar surface area (TPSA) is 92.4 Å². The predicted octanol–water partition coefficient (Wildman–Crippen LogP) is 0.872. The highest BCUT2D eigenvalue weighted by atomic mass is 32.2. The first-order valence-corrected chi connectivity index (χ1v) is 7.25. The minimum Gasteiger partial charge on any atom is -0.398 e. The molecule has 4 N–H and O–H groups in total. The molecular formula is C12H20N2O3S. The monoisotopic (exact) mass is 272 g/mol. The zero-order valence-electron chi connectivity index (χ0n) is 10.8. The molecule has 102 valence electrons. The maximum Gasteiger partial charge on any atom is 0.240 e. The Morgan fingerprint density at radius 2 is 2.00 bits per heavy atom. The number of aliphatic hydroxyl groups excluding tert-OH is 1. The van der Waals surface area contributed by atoms with Crippen molar-refractivity contribution in [1.29, 1.82) is 0 Å². The van der Waals surface area contributed by atoms with Gasteiger partial charge in [-0.1, -0.05) is 19.9 Å². The fourth-order valence-electron chi connectivity index (χ4n) is 1.44. The van der Waals surface area contributed by atoms with E-state index >= 15 is 0 Å². The van der Waals surface area contributed by atoms with Gasteiger partial charge < -0.3 is 10.8 Å². The van der Waals surface area contributed by atoms with Crippen LogP contribution in [0.15, 0.2) is 23.1 Å². The van der Waals surface area contributed by atoms with Crippen LogP contribution in [0.4, 0.5) is 5.69 Å². The van der Waals surface area contributed by atoms with E-state index in [2.05, 4.69) is 4.72 Å². The smallest absolute Gasteiger partial charge is 0.240 e. The van der Waals surface area contributed by atoms with Gasteiger partial charge in [0.2, 0.25) is 10.0 Å². The maximum absolute atomic E-state index is 12.1. The number of nitrogens with two attached hydrogens (primary N) is 1. The van der Waals surface area contributed by atoms with Crippen molar-refractivity contribution >= 4 is 15.7 Å². The molecule has 0 radical (unpaired) electrons. The summed E-state index contributed by atoms with van der Waals surface area (Å²) >= 11 is 0. The highest BCUT2D eigenvalue weighted by Gasteiger charge is 2.22. The molecule has 0 aliphatic carbocycles. The van der Waals surface area contributed by atoms with Gasteiger partial charge in [-0.15, -0.1) is 0 Å². The Morgan fingerprint density at radius 3 is 2.44 bits per heavy atom. The van der Waals surface area contributed by atoms with Crippen molar-refractivity contribution < 1.29 is 13.5 Å². The number of aryl methyl sites for hydroxylation is 1. The Balaban J connectivity index is 3.02. The Labute approximate surface area is 108 Å². The molecule has 1 atom stereocenters. The van der Waals surface area contributed by atoms with Crippen LogP contribution < -0.4 is 10.5 Å². The molecular weight excluding hydrogens is 252 g/mol. The second kappa shape index (κ2) is 5.69. The minimum absolute atomic E-state index is 0.00701. The summed E-state index contributed by atoms with van der Waals surface area (Å²) in [6, 6.07) is 4.08. The molecule has 0 bridgehead atoms. The average molecular weight is 272 g/mol. The molecule has 1 rings (SSSR count). The third-order valence-corrected chi connectivity index (χ3v) is 4.36. The van der Waals surface area contributed by atoms with Crippen LogP contribution in [0.2, 0.25) is 0 Å². The van der Waals surface area contributed by atoms with E-state index in [1.54, 1.807) is 6.07 Å². The first-order valence-electron chi connectivity index (χ1n) is 5.77. The van der Waals surface area contributed by atoms with Gasteiger partial charge >= 0.3 is 0 Å². The van der Waals surface area contributed by atoms with Crippen molar-refractivity contribution in [2.75, 3.05) is 12.3 Å². The summed E-state index contributed by atoms with van der Waals surface area (Å²) in [6.45, 7) is 5.25. The van der Waals surface area contributed by atoms with Crippen molar-refractivity contribution in [1.82, 2.24) is 4.72 Å². The van der Waals surface area contributed by atoms with Crippen molar-refractivity contribution in [3.05, 3.63) is 23.8 Å². The first-order chi connectivity index (χ1) is 8.27. The fraction of sp³-hybridized carbons (Fsp3) is 0.500. The molecule has 0 fully saturated rings. The highest BCUT2D eigenvalue weighted by molar-refractivity contribution is 7.89. The lowest BCUT2D eigenvalue weighted by molar-refractivity contribution is 0.227. The van der Waals surface area contributed by atoms with Crippen molar-refractivity contribution in [3.63, 3.8) is 0 Å². The largest absolute Gasteiger partial charge is 0.398 e. The summed E-state index contributed by atoms with van der Waals surface area (Å²) in [4.78, 5) is 0.115. The van der Waals surface area contributed by atoms with Gasteiger partial charge in [-0.3, -0.25) is 0 Å². The number of nitrogen functional groups attached to an aromatic ring is 1. The Bertz CT molecular complexity index is 512. The third kappa shape index (κ3) is 3.44. The second-order valence-electron chi connectivity index (χ2n) is 4.67. The number of sulfonamides is 1. The van der Waals surface area contributed by atoms with E-state index in [4.69, 9.17) is 10.8 Å². The normalized spacial score (nSPS) is 13.8. The summed E-state index contributed by atoms with van der Waals surface area (Å²) in [6.07, 6.45) is 0. The van der Waals surface area contributed by atoms with Crippen LogP contribution >= 0.6 is 0 Å². The molecule has 1 unspecified atom stereocenters. The summed E-state index contributed by atoms with van der Waals surface area (Å²) in [5.41, 5.74) is 6.96. The molecule has 0 amide bonds. The summed E-state index contributed by atoms with van der Waals surface area (Å²) in [5.74, 6) is 0.00701. The van der Waals surface area contributed by atoms with Crippen LogP contribution in [0.25, 0.3) is 0 Å². The highest BCUT2D eigenvalue weighted by Crippen LogP contribution is 2.18. The lowest BCUT2D eigenvalue weighted by Crippen LogP contribution is -2.41. The van der Waals surface area contributed by atoms with Crippen molar-refractivity contribution in [2.45, 2.75) is 31.7 Å². The molecule has 1 aromatic carbocycles. The van der Waals surface area contributed by atoms with Crippen molar-refractivity contribution in [2.24, 2.45) is 5.92 Å². The standard InChI is InChI=1S/C12H20N2O3S/c1-8(2)12(7-15)14-18(16,17)10-5-4-9(3)11(13)6-10/h4-6,8,12,14-15H,7,13H2,1-3H3. The van der Waals surface area contributed by atoms with Crippen LogP contribution in [0.3, 0.4) is 0 Å². The van der Waals surface area contributed by atoms with E-state index in [1.165, 1.54) is 12.1 Å². The van der Waals surface area contributed by atoms with Crippen molar-refractivity contribution in [3.8, 4) is 0 Å². The van der Waals surface area contributed by atoms with E-state index in [-0.39, 0.29) is 17.4 Å². The van der Waals surface area contributed by atoms with E-state index in [0.717, 1.165) is 5.56 Å². The summed E-state index contributed by atoms with van der Waals surface area (Å²) in [7, 11) is -3.65. The van der Waals surface area contributed by atoms with E-state index < -0.39 is 16.1 Å². The number of aliphatic hydroxyl groups is 1. The van der Waals surface area contributed by atoms with Crippen LogP contribution in [0.1, 0.15) is 19.4 Å². The maximum atomic E-state index is 12.1. The zero-order chi connectivity index (χ0) is 13.9. The molecule has 0 aromatic heterocycles. The van der Waals surface area contributed by atoms with Crippen LogP contribution in [-0.2, 0) is 10.0 Å². The summed E-state index contributed by atoms with van der Waals surface area (Å²) in [5, 5.41) is 9.15. The molecule has 0 saturated heterocycles. The van der Waals surface area contributed by atoms with Gasteiger partial charge in [-0.25, -0.2) is 13.1 Å². The third-order valence-electron chi connectivity index (χ3n) is 2.87. The predicted molar refractivity (Wildman–Crippen MR) is 71.6 cm³/mol. The number of benzene rings is 1. The molecule has 0 saturated carbocycles. The Hall–Kier alpha value is -1.11. The van der Waals surface area contributed by atoms with Gasteiger partial charge in [0.25, 0.3) is 0 Å². The second-order valence-corrected chi connectivity index (χ2v) is 6.39. The van der Waals surface area contributed by atoms with Gasteiger partial charge in [0.15, 0.2) is 0 Å². The van der Waals surface area contributed by atoms with Gasteiger partial charge in [0.05, 0.1) is 11.5 Å². The van der Waals surface area contributed by atoms with Crippen LogP contribution in [0, 0.1) is 12.8 Å². The molecule has 1 aromatic rings. The SMILES string of the molecule is Cc1ccc(S(=O)(=O)NC(CO)C(C)C)cc1N. The lowest BCUT2D eigenvalue weighted by atomic mass is 10.1. The fourth-order valence-corrected chi connectivity index (χ4v) is 2.85. The molecule has 0 aliphatic rings. The quantitative estimate of drug-likeness (QED) is 0.694. The van der Waals surface area contributed by atoms with Crippen LogP contribution in [0.5, 0.6) is 0 Å². The van der Waals surface area contributed by atoms with Gasteiger partial charge in [0.1, 0.15) is 0 Å². The van der Waals surface area contributed by atoms with E-state index in [0.29, 0.717) is 5.69 Å². The molecule has 0 heterocycles. The van der Waals surface area contributed by atoms with E-state index in [9.17, 15) is 8.42 Å². The van der Waals surface area contributed by atoms with Gasteiger partial charge in [0, 0.05) is 11.7 Å². The molecule has 0 spiro atoms. The van der Waals surface area contributed by atoms with E-state index in [1.807, 2.05) is 20.8 Å². The lowest BCUT2D eigenvalue weighted by Gasteiger charge is -2.20. The first kappa shape index (κ1) is 14.9. The number of rotatable bonds is 5. The number of hydrogen-bond acceptors (Lipinski definition) is 4. The summed E-state index contributed by atoms with van der Waals surface area (Å²) < 4.78 is 26.7. The zero-order valence-corrected chi connectivity index (χ0v) is 11.7. The average Bonchev–Trinajstić information content (AvgIpc) is 2.29. The van der Waals surface area contributed by atoms with Gasteiger partial charge in [-0.2, -0.15) is 0 Å². The molecule has 5 nitrogen and oxygen atoms in total. The number of hydrogen-bond donors (Lipinski definition) is 3. The minimum atomic E-state index is -3.65. The molecule has 6 heteroatoms. The van der Waals surface area contributed by atoms with Gasteiger partial charge in [-0.05, 0) is 30.5 Å². The Morgan fingerprint density at radius 1 is 1.39 bits per heavy atom. The number of anilines is 1.